The van der Waals surface area contributed by atoms with Gasteiger partial charge in [0.25, 0.3) is 0 Å². The van der Waals surface area contributed by atoms with Gasteiger partial charge in [-0.05, 0) is 37.5 Å². The highest BCUT2D eigenvalue weighted by atomic mass is 32.2. The second kappa shape index (κ2) is 8.02. The van der Waals surface area contributed by atoms with Crippen molar-refractivity contribution in [3.8, 4) is 11.5 Å². The highest BCUT2D eigenvalue weighted by molar-refractivity contribution is 8.00. The number of ether oxygens (including phenoxy) is 2. The van der Waals surface area contributed by atoms with Crippen molar-refractivity contribution in [1.29, 1.82) is 0 Å². The van der Waals surface area contributed by atoms with Crippen LogP contribution in [0.5, 0.6) is 11.5 Å². The maximum Gasteiger partial charge on any atom is 0.237 e. The normalized spacial score (nSPS) is 15.8. The first-order chi connectivity index (χ1) is 14.7. The second-order valence-electron chi connectivity index (χ2n) is 7.50. The molecule has 1 aromatic heterocycles. The Labute approximate surface area is 178 Å². The monoisotopic (exact) mass is 422 g/mol. The van der Waals surface area contributed by atoms with Gasteiger partial charge in [-0.15, -0.1) is 10.2 Å². The predicted octanol–water partition coefficient (Wildman–Crippen LogP) is 4.05. The maximum atomic E-state index is 12.8. The van der Waals surface area contributed by atoms with E-state index >= 15 is 0 Å². The zero-order valence-electron chi connectivity index (χ0n) is 16.6. The molecule has 2 aliphatic rings. The first-order valence-electron chi connectivity index (χ1n) is 10.0. The molecule has 1 fully saturated rings. The van der Waals surface area contributed by atoms with Gasteiger partial charge in [0.15, 0.2) is 16.7 Å². The summed E-state index contributed by atoms with van der Waals surface area (Å²) in [6.07, 6.45) is 2.30. The number of fused-ring (bicyclic) bond motifs is 1. The van der Waals surface area contributed by atoms with Gasteiger partial charge < -0.3 is 19.4 Å². The number of carbonyl (C=O) groups is 1. The summed E-state index contributed by atoms with van der Waals surface area (Å²) in [6.45, 7) is 2.79. The third-order valence-corrected chi connectivity index (χ3v) is 6.24. The molecule has 30 heavy (non-hydrogen) atoms. The SMILES string of the molecule is C[C@@H](Sc1nnc(C2CC2)n1Cc1ccccc1)C(=O)Nc1ccc2c(c1)OCO2. The van der Waals surface area contributed by atoms with Crippen molar-refractivity contribution in [2.45, 2.75) is 42.6 Å². The number of aromatic nitrogens is 3. The van der Waals surface area contributed by atoms with Crippen LogP contribution in [0.25, 0.3) is 0 Å². The first kappa shape index (κ1) is 19.0. The molecule has 1 aliphatic carbocycles. The molecule has 3 aromatic rings. The molecule has 0 bridgehead atoms. The Balaban J connectivity index is 1.30. The molecule has 0 spiro atoms. The van der Waals surface area contributed by atoms with Crippen LogP contribution in [0.1, 0.15) is 37.1 Å². The van der Waals surface area contributed by atoms with Gasteiger partial charge in [-0.1, -0.05) is 42.1 Å². The molecule has 2 aromatic carbocycles. The Bertz CT molecular complexity index is 1070. The molecule has 2 heterocycles. The minimum atomic E-state index is -0.332. The molecule has 154 valence electrons. The fourth-order valence-electron chi connectivity index (χ4n) is 3.38. The maximum absolute atomic E-state index is 12.8. The predicted molar refractivity (Wildman–Crippen MR) is 114 cm³/mol. The Morgan fingerprint density at radius 2 is 1.97 bits per heavy atom. The van der Waals surface area contributed by atoms with Crippen LogP contribution in [-0.2, 0) is 11.3 Å². The summed E-state index contributed by atoms with van der Waals surface area (Å²) in [5.41, 5.74) is 1.87. The highest BCUT2D eigenvalue weighted by Gasteiger charge is 2.31. The van der Waals surface area contributed by atoms with E-state index in [-0.39, 0.29) is 18.0 Å². The van der Waals surface area contributed by atoms with Crippen molar-refractivity contribution in [2.24, 2.45) is 0 Å². The number of thioether (sulfide) groups is 1. The largest absolute Gasteiger partial charge is 0.454 e. The van der Waals surface area contributed by atoms with E-state index < -0.39 is 0 Å². The summed E-state index contributed by atoms with van der Waals surface area (Å²) < 4.78 is 12.9. The molecule has 1 atom stereocenters. The average molecular weight is 423 g/mol. The zero-order valence-corrected chi connectivity index (χ0v) is 17.4. The molecule has 8 heteroatoms. The van der Waals surface area contributed by atoms with Crippen molar-refractivity contribution >= 4 is 23.4 Å². The standard InChI is InChI=1S/C22H22N4O3S/c1-14(21(27)23-17-9-10-18-19(11-17)29-13-28-18)30-22-25-24-20(16-7-8-16)26(22)12-15-5-3-2-4-6-15/h2-6,9-11,14,16H,7-8,12-13H2,1H3,(H,23,27)/t14-/m1/s1. The molecule has 1 aliphatic heterocycles. The summed E-state index contributed by atoms with van der Waals surface area (Å²) in [7, 11) is 0. The molecule has 7 nitrogen and oxygen atoms in total. The lowest BCUT2D eigenvalue weighted by molar-refractivity contribution is -0.115. The fraction of sp³-hybridized carbons (Fsp3) is 0.318. The van der Waals surface area contributed by atoms with E-state index in [0.29, 0.717) is 29.6 Å². The van der Waals surface area contributed by atoms with Crippen LogP contribution < -0.4 is 14.8 Å². The number of carbonyl (C=O) groups excluding carboxylic acids is 1. The van der Waals surface area contributed by atoms with Crippen LogP contribution in [0.15, 0.2) is 53.7 Å². The molecule has 1 amide bonds. The number of nitrogens with one attached hydrogen (secondary N) is 1. The number of benzene rings is 2. The number of amides is 1. The van der Waals surface area contributed by atoms with Crippen molar-refractivity contribution in [2.75, 3.05) is 12.1 Å². The van der Waals surface area contributed by atoms with E-state index in [2.05, 4.69) is 32.2 Å². The lowest BCUT2D eigenvalue weighted by Crippen LogP contribution is -2.23. The lowest BCUT2D eigenvalue weighted by atomic mass is 10.2. The quantitative estimate of drug-likeness (QED) is 0.579. The second-order valence-corrected chi connectivity index (χ2v) is 8.81. The molecule has 0 radical (unpaired) electrons. The van der Waals surface area contributed by atoms with Crippen LogP contribution in [-0.4, -0.2) is 32.7 Å². The van der Waals surface area contributed by atoms with Gasteiger partial charge in [-0.3, -0.25) is 4.79 Å². The Morgan fingerprint density at radius 3 is 2.77 bits per heavy atom. The van der Waals surface area contributed by atoms with E-state index in [1.807, 2.05) is 31.2 Å². The molecule has 5 rings (SSSR count). The van der Waals surface area contributed by atoms with Crippen LogP contribution >= 0.6 is 11.8 Å². The zero-order chi connectivity index (χ0) is 20.5. The van der Waals surface area contributed by atoms with E-state index in [0.717, 1.165) is 23.8 Å². The summed E-state index contributed by atoms with van der Waals surface area (Å²) in [6, 6.07) is 15.7. The number of hydrogen-bond donors (Lipinski definition) is 1. The third kappa shape index (κ3) is 4.00. The van der Waals surface area contributed by atoms with Gasteiger partial charge in [-0.2, -0.15) is 0 Å². The highest BCUT2D eigenvalue weighted by Crippen LogP contribution is 2.40. The summed E-state index contributed by atoms with van der Waals surface area (Å²) >= 11 is 1.43. The minimum Gasteiger partial charge on any atom is -0.454 e. The van der Waals surface area contributed by atoms with E-state index in [1.165, 1.54) is 17.3 Å². The third-order valence-electron chi connectivity index (χ3n) is 5.16. The average Bonchev–Trinajstić information content (AvgIpc) is 3.37. The van der Waals surface area contributed by atoms with E-state index in [1.54, 1.807) is 12.1 Å². The van der Waals surface area contributed by atoms with Crippen LogP contribution in [0.4, 0.5) is 5.69 Å². The first-order valence-corrected chi connectivity index (χ1v) is 10.9. The number of rotatable bonds is 7. The molecule has 0 saturated heterocycles. The Kier molecular flexibility index (Phi) is 5.08. The molecular weight excluding hydrogens is 400 g/mol. The fourth-order valence-corrected chi connectivity index (χ4v) is 4.23. The van der Waals surface area contributed by atoms with E-state index in [9.17, 15) is 4.79 Å². The molecular formula is C22H22N4O3S. The van der Waals surface area contributed by atoms with Crippen LogP contribution in [0, 0.1) is 0 Å². The Morgan fingerprint density at radius 1 is 1.17 bits per heavy atom. The number of nitrogens with zero attached hydrogens (tertiary/aromatic N) is 3. The van der Waals surface area contributed by atoms with Crippen LogP contribution in [0.2, 0.25) is 0 Å². The van der Waals surface area contributed by atoms with Gasteiger partial charge in [0, 0.05) is 17.7 Å². The van der Waals surface area contributed by atoms with Gasteiger partial charge in [0.2, 0.25) is 12.7 Å². The summed E-state index contributed by atoms with van der Waals surface area (Å²) in [5.74, 6) is 2.74. The van der Waals surface area contributed by atoms with E-state index in [4.69, 9.17) is 9.47 Å². The van der Waals surface area contributed by atoms with Crippen LogP contribution in [0.3, 0.4) is 0 Å². The molecule has 1 saturated carbocycles. The van der Waals surface area contributed by atoms with Crippen molar-refractivity contribution in [3.63, 3.8) is 0 Å². The Hall–Kier alpha value is -3.00. The number of hydrogen-bond acceptors (Lipinski definition) is 6. The van der Waals surface area contributed by atoms with Crippen molar-refractivity contribution < 1.29 is 14.3 Å². The smallest absolute Gasteiger partial charge is 0.237 e. The van der Waals surface area contributed by atoms with Gasteiger partial charge >= 0.3 is 0 Å². The lowest BCUT2D eigenvalue weighted by Gasteiger charge is -2.14. The van der Waals surface area contributed by atoms with Gasteiger partial charge in [-0.25, -0.2) is 0 Å². The van der Waals surface area contributed by atoms with Crippen molar-refractivity contribution in [3.05, 3.63) is 59.9 Å². The topological polar surface area (TPSA) is 78.3 Å². The molecule has 0 unspecified atom stereocenters. The van der Waals surface area contributed by atoms with Gasteiger partial charge in [0.1, 0.15) is 5.82 Å². The summed E-state index contributed by atoms with van der Waals surface area (Å²) in [4.78, 5) is 12.8. The summed E-state index contributed by atoms with van der Waals surface area (Å²) in [5, 5.41) is 12.2. The van der Waals surface area contributed by atoms with Gasteiger partial charge in [0.05, 0.1) is 11.8 Å². The minimum absolute atomic E-state index is 0.0962. The number of anilines is 1. The van der Waals surface area contributed by atoms with Crippen molar-refractivity contribution in [1.82, 2.24) is 14.8 Å². The molecule has 1 N–H and O–H groups in total.